The number of aromatic nitrogens is 2. The van der Waals surface area contributed by atoms with E-state index >= 15 is 0 Å². The molecular formula is C9H13N3O3S2. The molecule has 1 aromatic rings. The van der Waals surface area contributed by atoms with Crippen LogP contribution >= 0.6 is 11.5 Å². The largest absolute Gasteiger partial charge is 0.347 e. The van der Waals surface area contributed by atoms with Crippen LogP contribution in [0.15, 0.2) is 0 Å². The van der Waals surface area contributed by atoms with E-state index in [1.165, 1.54) is 0 Å². The zero-order valence-electron chi connectivity index (χ0n) is 9.34. The third kappa shape index (κ3) is 2.81. The molecule has 6 nitrogen and oxygen atoms in total. The first-order valence-corrected chi connectivity index (χ1v) is 7.94. The fourth-order valence-electron chi connectivity index (χ4n) is 1.77. The second-order valence-corrected chi connectivity index (χ2v) is 6.96. The Morgan fingerprint density at radius 2 is 2.35 bits per heavy atom. The molecule has 2 rings (SSSR count). The van der Waals surface area contributed by atoms with Gasteiger partial charge in [-0.15, -0.1) is 5.10 Å². The molecule has 2 heterocycles. The van der Waals surface area contributed by atoms with Crippen molar-refractivity contribution in [2.24, 2.45) is 0 Å². The predicted octanol–water partition coefficient (Wildman–Crippen LogP) is 0.0174. The standard InChI is InChI=1S/C9H13N3O3S2/c1-2-7-8(16-12-11-7)9(13)10-6-3-4-17(14,15)5-6/h6H,2-5H2,1H3,(H,10,13)/t6-/m0/s1. The smallest absolute Gasteiger partial charge is 0.265 e. The van der Waals surface area contributed by atoms with Crippen LogP contribution in [-0.2, 0) is 16.3 Å². The first-order chi connectivity index (χ1) is 8.02. The maximum Gasteiger partial charge on any atom is 0.265 e. The van der Waals surface area contributed by atoms with E-state index in [0.29, 0.717) is 23.4 Å². The molecule has 0 saturated carbocycles. The summed E-state index contributed by atoms with van der Waals surface area (Å²) in [6.07, 6.45) is 1.13. The van der Waals surface area contributed by atoms with Crippen LogP contribution in [0.25, 0.3) is 0 Å². The van der Waals surface area contributed by atoms with E-state index in [9.17, 15) is 13.2 Å². The number of sulfone groups is 1. The van der Waals surface area contributed by atoms with Crippen LogP contribution in [0.4, 0.5) is 0 Å². The van der Waals surface area contributed by atoms with Crippen molar-refractivity contribution < 1.29 is 13.2 Å². The molecule has 8 heteroatoms. The first kappa shape index (κ1) is 12.4. The van der Waals surface area contributed by atoms with Crippen molar-refractivity contribution in [1.29, 1.82) is 0 Å². The summed E-state index contributed by atoms with van der Waals surface area (Å²) in [5.74, 6) is -0.0784. The van der Waals surface area contributed by atoms with Crippen LogP contribution in [0.5, 0.6) is 0 Å². The second-order valence-electron chi connectivity index (χ2n) is 3.98. The Balaban J connectivity index is 2.03. The van der Waals surface area contributed by atoms with E-state index in [-0.39, 0.29) is 23.5 Å². The Morgan fingerprint density at radius 1 is 1.59 bits per heavy atom. The van der Waals surface area contributed by atoms with E-state index in [1.54, 1.807) is 0 Å². The molecule has 1 aliphatic heterocycles. The minimum atomic E-state index is -2.97. The van der Waals surface area contributed by atoms with Crippen molar-refractivity contribution in [2.75, 3.05) is 11.5 Å². The number of nitrogens with one attached hydrogen (secondary N) is 1. The zero-order valence-corrected chi connectivity index (χ0v) is 11.0. The number of aryl methyl sites for hydroxylation is 1. The topological polar surface area (TPSA) is 89.0 Å². The highest BCUT2D eigenvalue weighted by Crippen LogP contribution is 2.15. The molecule has 0 aromatic carbocycles. The van der Waals surface area contributed by atoms with Gasteiger partial charge in [-0.3, -0.25) is 4.79 Å². The zero-order chi connectivity index (χ0) is 12.5. The van der Waals surface area contributed by atoms with Gasteiger partial charge in [-0.1, -0.05) is 11.4 Å². The summed E-state index contributed by atoms with van der Waals surface area (Å²) in [7, 11) is -2.97. The fourth-order valence-corrected chi connectivity index (χ4v) is 4.10. The van der Waals surface area contributed by atoms with Crippen molar-refractivity contribution in [3.63, 3.8) is 0 Å². The third-order valence-electron chi connectivity index (χ3n) is 2.66. The maximum atomic E-state index is 11.9. The van der Waals surface area contributed by atoms with Gasteiger partial charge < -0.3 is 5.32 Å². The second kappa shape index (κ2) is 4.69. The van der Waals surface area contributed by atoms with Crippen LogP contribution in [0.2, 0.25) is 0 Å². The highest BCUT2D eigenvalue weighted by molar-refractivity contribution is 7.91. The Morgan fingerprint density at radius 3 is 2.94 bits per heavy atom. The van der Waals surface area contributed by atoms with Crippen molar-refractivity contribution >= 4 is 27.3 Å². The Labute approximate surface area is 104 Å². The molecule has 1 atom stereocenters. The lowest BCUT2D eigenvalue weighted by molar-refractivity contribution is 0.0944. The lowest BCUT2D eigenvalue weighted by Crippen LogP contribution is -2.35. The fraction of sp³-hybridized carbons (Fsp3) is 0.667. The van der Waals surface area contributed by atoms with E-state index in [2.05, 4.69) is 14.9 Å². The summed E-state index contributed by atoms with van der Waals surface area (Å²) < 4.78 is 26.2. The molecule has 0 unspecified atom stereocenters. The summed E-state index contributed by atoms with van der Waals surface area (Å²) in [6.45, 7) is 1.90. The molecule has 0 aliphatic carbocycles. The van der Waals surface area contributed by atoms with Gasteiger partial charge in [0.25, 0.3) is 5.91 Å². The molecule has 1 aliphatic rings. The highest BCUT2D eigenvalue weighted by atomic mass is 32.2. The van der Waals surface area contributed by atoms with E-state index < -0.39 is 9.84 Å². The SMILES string of the molecule is CCc1nnsc1C(=O)N[C@H]1CCS(=O)(=O)C1. The number of amides is 1. The summed E-state index contributed by atoms with van der Waals surface area (Å²) >= 11 is 1.04. The van der Waals surface area contributed by atoms with Gasteiger partial charge in [0.2, 0.25) is 0 Å². The third-order valence-corrected chi connectivity index (χ3v) is 5.20. The minimum absolute atomic E-state index is 0.0342. The van der Waals surface area contributed by atoms with Crippen molar-refractivity contribution in [1.82, 2.24) is 14.9 Å². The van der Waals surface area contributed by atoms with Crippen molar-refractivity contribution in [2.45, 2.75) is 25.8 Å². The molecule has 1 aromatic heterocycles. The van der Waals surface area contributed by atoms with Gasteiger partial charge >= 0.3 is 0 Å². The molecule has 0 bridgehead atoms. The van der Waals surface area contributed by atoms with Gasteiger partial charge in [-0.2, -0.15) is 0 Å². The average Bonchev–Trinajstić information content (AvgIpc) is 2.84. The first-order valence-electron chi connectivity index (χ1n) is 5.34. The Hall–Kier alpha value is -1.02. The molecule has 94 valence electrons. The average molecular weight is 275 g/mol. The number of hydrogen-bond acceptors (Lipinski definition) is 6. The van der Waals surface area contributed by atoms with Gasteiger partial charge in [0.05, 0.1) is 17.2 Å². The number of hydrogen-bond donors (Lipinski definition) is 1. The number of carbonyl (C=O) groups is 1. The van der Waals surface area contributed by atoms with Crippen molar-refractivity contribution in [3.8, 4) is 0 Å². The quantitative estimate of drug-likeness (QED) is 0.840. The van der Waals surface area contributed by atoms with Crippen LogP contribution in [-0.4, -0.2) is 41.5 Å². The van der Waals surface area contributed by atoms with E-state index in [4.69, 9.17) is 0 Å². The van der Waals surface area contributed by atoms with Gasteiger partial charge in [0, 0.05) is 6.04 Å². The Bertz CT molecular complexity index is 523. The van der Waals surface area contributed by atoms with Gasteiger partial charge in [0.1, 0.15) is 4.88 Å². The molecule has 17 heavy (non-hydrogen) atoms. The van der Waals surface area contributed by atoms with Crippen molar-refractivity contribution in [3.05, 3.63) is 10.6 Å². The van der Waals surface area contributed by atoms with Gasteiger partial charge in [-0.05, 0) is 24.4 Å². The molecular weight excluding hydrogens is 262 g/mol. The monoisotopic (exact) mass is 275 g/mol. The van der Waals surface area contributed by atoms with Gasteiger partial charge in [0.15, 0.2) is 9.84 Å². The lowest BCUT2D eigenvalue weighted by Gasteiger charge is -2.09. The molecule has 0 spiro atoms. The number of nitrogens with zero attached hydrogens (tertiary/aromatic N) is 2. The normalized spacial score (nSPS) is 22.5. The summed E-state index contributed by atoms with van der Waals surface area (Å²) in [6, 6.07) is -0.278. The van der Waals surface area contributed by atoms with Crippen LogP contribution in [0, 0.1) is 0 Å². The predicted molar refractivity (Wildman–Crippen MR) is 63.8 cm³/mol. The van der Waals surface area contributed by atoms with Crippen LogP contribution < -0.4 is 5.32 Å². The molecule has 0 radical (unpaired) electrons. The molecule has 1 N–H and O–H groups in total. The highest BCUT2D eigenvalue weighted by Gasteiger charge is 2.30. The van der Waals surface area contributed by atoms with E-state index in [1.807, 2.05) is 6.92 Å². The summed E-state index contributed by atoms with van der Waals surface area (Å²) in [5, 5.41) is 6.57. The molecule has 1 fully saturated rings. The Kier molecular flexibility index (Phi) is 3.43. The maximum absolute atomic E-state index is 11.9. The van der Waals surface area contributed by atoms with E-state index in [0.717, 1.165) is 11.5 Å². The number of rotatable bonds is 3. The minimum Gasteiger partial charge on any atom is -0.347 e. The molecule has 1 amide bonds. The summed E-state index contributed by atoms with van der Waals surface area (Å²) in [4.78, 5) is 12.4. The number of carbonyl (C=O) groups excluding carboxylic acids is 1. The van der Waals surface area contributed by atoms with Crippen LogP contribution in [0.3, 0.4) is 0 Å². The molecule has 1 saturated heterocycles. The summed E-state index contributed by atoms with van der Waals surface area (Å²) in [5.41, 5.74) is 0.661. The van der Waals surface area contributed by atoms with Crippen LogP contribution in [0.1, 0.15) is 28.7 Å². The van der Waals surface area contributed by atoms with Gasteiger partial charge in [-0.25, -0.2) is 8.42 Å². The lowest BCUT2D eigenvalue weighted by atomic mass is 10.2.